The van der Waals surface area contributed by atoms with Crippen molar-refractivity contribution in [2.45, 2.75) is 50.1 Å². The van der Waals surface area contributed by atoms with Crippen LogP contribution in [0.1, 0.15) is 46.4 Å². The lowest BCUT2D eigenvalue weighted by Crippen LogP contribution is -2.47. The van der Waals surface area contributed by atoms with Crippen LogP contribution in [0.2, 0.25) is 0 Å². The quantitative estimate of drug-likeness (QED) is 0.123. The molecule has 0 bridgehead atoms. The average Bonchev–Trinajstić information content (AvgIpc) is 4.05. The Hall–Kier alpha value is -6.33. The molecule has 0 unspecified atom stereocenters. The number of hydrogen-bond acceptors (Lipinski definition) is 13. The topological polar surface area (TPSA) is 208 Å². The molecule has 5 aromatic rings. The van der Waals surface area contributed by atoms with Gasteiger partial charge in [-0.2, -0.15) is 0 Å². The van der Waals surface area contributed by atoms with Crippen molar-refractivity contribution in [2.24, 2.45) is 23.7 Å². The Kier molecular flexibility index (Phi) is 14.3. The molecule has 64 heavy (non-hydrogen) atoms. The highest BCUT2D eigenvalue weighted by molar-refractivity contribution is 6.19. The molecule has 1 aromatic heterocycles. The number of fused-ring (bicyclic) bond motifs is 2. The third kappa shape index (κ3) is 9.90. The molecule has 3 heterocycles. The van der Waals surface area contributed by atoms with E-state index in [1.807, 2.05) is 84.9 Å². The van der Waals surface area contributed by atoms with Gasteiger partial charge in [0.25, 0.3) is 0 Å². The monoisotopic (exact) mass is 933 g/mol. The summed E-state index contributed by atoms with van der Waals surface area (Å²) >= 11 is 15.3. The number of ether oxygens (including phenoxy) is 4. The van der Waals surface area contributed by atoms with Crippen LogP contribution in [-0.2, 0) is 33.3 Å². The van der Waals surface area contributed by atoms with Crippen LogP contribution in [0.4, 0.5) is 0 Å². The molecule has 2 aliphatic carbocycles. The molecule has 19 heteroatoms. The lowest BCUT2D eigenvalue weighted by Gasteiger charge is -2.20. The number of aldehydes is 1. The van der Waals surface area contributed by atoms with Gasteiger partial charge < -0.3 is 28.8 Å². The van der Waals surface area contributed by atoms with E-state index in [-0.39, 0.29) is 73.6 Å². The van der Waals surface area contributed by atoms with E-state index >= 15 is 0 Å². The summed E-state index contributed by atoms with van der Waals surface area (Å²) in [5.74, 6) is -2.39. The first-order valence-electron chi connectivity index (χ1n) is 20.0. The molecule has 4 aliphatic rings. The maximum atomic E-state index is 12.5. The van der Waals surface area contributed by atoms with Gasteiger partial charge in [0.2, 0.25) is 0 Å². The first-order valence-corrected chi connectivity index (χ1v) is 21.0. The van der Waals surface area contributed by atoms with Crippen molar-refractivity contribution >= 4 is 65.5 Å². The molecule has 332 valence electrons. The number of esters is 4. The first-order chi connectivity index (χ1) is 30.8. The Morgan fingerprint density at radius 1 is 0.578 bits per heavy atom. The number of aliphatic hydroxyl groups is 1. The number of hydrogen-bond donors (Lipinski definition) is 1. The lowest BCUT2D eigenvalue weighted by atomic mass is 9.93. The summed E-state index contributed by atoms with van der Waals surface area (Å²) in [5, 5.41) is 9.66. The van der Waals surface area contributed by atoms with Crippen LogP contribution in [0.3, 0.4) is 0 Å². The Morgan fingerprint density at radius 2 is 0.953 bits per heavy atom. The number of rotatable bonds is 8. The summed E-state index contributed by atoms with van der Waals surface area (Å²) in [5.41, 5.74) is 1.60. The second kappa shape index (κ2) is 20.0. The fraction of sp³-hybridized carbons (Fsp3) is 0.289. The zero-order valence-corrected chi connectivity index (χ0v) is 35.7. The molecule has 0 radical (unpaired) electrons. The molecule has 2 saturated carbocycles. The van der Waals surface area contributed by atoms with Gasteiger partial charge in [-0.25, -0.2) is 24.0 Å². The summed E-state index contributed by atoms with van der Waals surface area (Å²) in [7, 11) is 0. The molecule has 8 atom stereocenters. The van der Waals surface area contributed by atoms with Gasteiger partial charge in [-0.1, -0.05) is 84.9 Å². The van der Waals surface area contributed by atoms with Crippen LogP contribution in [-0.4, -0.2) is 78.6 Å². The Morgan fingerprint density at radius 3 is 1.38 bits per heavy atom. The van der Waals surface area contributed by atoms with E-state index in [9.17, 15) is 43.5 Å². The summed E-state index contributed by atoms with van der Waals surface area (Å²) in [4.78, 5) is 91.4. The smallest absolute Gasteiger partial charge is 0.366 e. The van der Waals surface area contributed by atoms with Gasteiger partial charge in [-0.3, -0.25) is 9.59 Å². The molecule has 16 nitrogen and oxygen atoms in total. The predicted octanol–water partition coefficient (Wildman–Crippen LogP) is 5.03. The summed E-state index contributed by atoms with van der Waals surface area (Å²) in [6.45, 7) is -0.122. The van der Waals surface area contributed by atoms with Crippen LogP contribution in [0.25, 0.3) is 22.3 Å². The molecule has 4 aromatic carbocycles. The number of aliphatic hydroxyl groups excluding tert-OH is 1. The van der Waals surface area contributed by atoms with Crippen LogP contribution in [0, 0.1) is 23.7 Å². The number of carbonyl (C=O) groups excluding carboxylic acids is 5. The van der Waals surface area contributed by atoms with Crippen molar-refractivity contribution in [3.63, 3.8) is 0 Å². The molecule has 0 spiro atoms. The van der Waals surface area contributed by atoms with Gasteiger partial charge >= 0.3 is 40.9 Å². The number of halogens is 3. The fourth-order valence-electron chi connectivity index (χ4n) is 8.30. The third-order valence-electron chi connectivity index (χ3n) is 11.6. The van der Waals surface area contributed by atoms with Gasteiger partial charge in [0.05, 0.1) is 29.9 Å². The van der Waals surface area contributed by atoms with E-state index < -0.39 is 47.1 Å². The summed E-state index contributed by atoms with van der Waals surface area (Å²) in [6, 6.07) is 34.2. The molecular formula is C45H38Cl3N3O13. The van der Waals surface area contributed by atoms with Gasteiger partial charge in [0.1, 0.15) is 30.7 Å². The highest BCUT2D eigenvalue weighted by Crippen LogP contribution is 2.43. The van der Waals surface area contributed by atoms with Gasteiger partial charge in [-0.15, -0.1) is 12.3 Å². The Balaban J connectivity index is 0.000000154. The van der Waals surface area contributed by atoms with Crippen LogP contribution in [0.15, 0.2) is 124 Å². The highest BCUT2D eigenvalue weighted by atomic mass is 35.5. The van der Waals surface area contributed by atoms with Crippen molar-refractivity contribution in [1.29, 1.82) is 0 Å². The number of carbonyl (C=O) groups is 5. The predicted molar refractivity (Wildman–Crippen MR) is 230 cm³/mol. The van der Waals surface area contributed by atoms with E-state index in [0.717, 1.165) is 28.5 Å². The SMILES string of the molecule is O=C1C[C@@H]2[C@@H](CO)[C@H](OC(=O)c3ccc(-c4ccccc4)cc3)C[C@@H]2O1.O=C[C@@H]1[C@H]2CC(=O)O[C@H]2C[C@H]1OC(=O)c1ccc(-c2ccccc2)cc1.O=c1n(Cl)c(=O)n(Cl)c(=O)n1Cl. The van der Waals surface area contributed by atoms with E-state index in [0.29, 0.717) is 24.0 Å². The van der Waals surface area contributed by atoms with Crippen molar-refractivity contribution in [1.82, 2.24) is 12.3 Å². The van der Waals surface area contributed by atoms with Crippen LogP contribution < -0.4 is 17.1 Å². The molecule has 2 saturated heterocycles. The number of benzene rings is 4. The highest BCUT2D eigenvalue weighted by Gasteiger charge is 2.52. The number of aromatic nitrogens is 3. The van der Waals surface area contributed by atoms with Crippen LogP contribution >= 0.6 is 35.3 Å². The molecule has 0 amide bonds. The van der Waals surface area contributed by atoms with Crippen LogP contribution in [0.5, 0.6) is 0 Å². The van der Waals surface area contributed by atoms with Crippen molar-refractivity contribution < 1.29 is 48.0 Å². The molecule has 1 N–H and O–H groups in total. The Bertz CT molecular complexity index is 2610. The van der Waals surface area contributed by atoms with E-state index in [4.69, 9.17) is 54.3 Å². The van der Waals surface area contributed by atoms with Crippen molar-refractivity contribution in [3.05, 3.63) is 152 Å². The van der Waals surface area contributed by atoms with E-state index in [1.165, 1.54) is 0 Å². The standard InChI is InChI=1S/C21H20O5.C21H18O5.C3Cl3N3O3/c2*22-12-17-16-10-20(23)25-18(16)11-19(17)26-21(24)15-8-6-14(7-9-15)13-4-2-1-3-5-13;4-7-1(10)8(5)3(12)9(6)2(7)11/h1-9,16-19,22H,10-12H2;1-9,12,16-19H,10-11H2;/t2*16-,17-,18+,19-;/m11./s1. The largest absolute Gasteiger partial charge is 0.462 e. The van der Waals surface area contributed by atoms with Crippen molar-refractivity contribution in [3.8, 4) is 22.3 Å². The second-order valence-corrected chi connectivity index (χ2v) is 16.3. The van der Waals surface area contributed by atoms with E-state index in [1.54, 1.807) is 24.3 Å². The maximum Gasteiger partial charge on any atom is 0.366 e. The summed E-state index contributed by atoms with van der Waals surface area (Å²) in [6.07, 6.45) is 0.575. The molecule has 2 aliphatic heterocycles. The molecule has 4 fully saturated rings. The van der Waals surface area contributed by atoms with E-state index in [2.05, 4.69) is 0 Å². The first kappa shape index (κ1) is 45.7. The van der Waals surface area contributed by atoms with Gasteiger partial charge in [-0.05, 0) is 46.5 Å². The lowest BCUT2D eigenvalue weighted by molar-refractivity contribution is -0.143. The minimum Gasteiger partial charge on any atom is -0.462 e. The number of nitrogens with zero attached hydrogens (tertiary/aromatic N) is 3. The normalized spacial score (nSPS) is 23.8. The summed E-state index contributed by atoms with van der Waals surface area (Å²) < 4.78 is 21.9. The third-order valence-corrected chi connectivity index (χ3v) is 12.4. The maximum absolute atomic E-state index is 12.5. The van der Waals surface area contributed by atoms with Gasteiger partial charge in [0.15, 0.2) is 0 Å². The molecule has 9 rings (SSSR count). The van der Waals surface area contributed by atoms with Gasteiger partial charge in [0, 0.05) is 72.5 Å². The van der Waals surface area contributed by atoms with Crippen molar-refractivity contribution in [2.75, 3.05) is 6.61 Å². The second-order valence-electron chi connectivity index (χ2n) is 15.3. The average molecular weight is 935 g/mol. The minimum absolute atomic E-state index is 0.0641. The minimum atomic E-state index is -1.16. The fourth-order valence-corrected chi connectivity index (χ4v) is 8.87. The molecular weight excluding hydrogens is 897 g/mol. The zero-order chi connectivity index (χ0) is 45.7. The Labute approximate surface area is 378 Å². The zero-order valence-electron chi connectivity index (χ0n) is 33.4.